The van der Waals surface area contributed by atoms with E-state index in [9.17, 15) is 0 Å². The van der Waals surface area contributed by atoms with Crippen LogP contribution < -0.4 is 5.19 Å². The predicted molar refractivity (Wildman–Crippen MR) is 70.4 cm³/mol. The van der Waals surface area contributed by atoms with Gasteiger partial charge in [0.2, 0.25) is 0 Å². The molecule has 0 heterocycles. The van der Waals surface area contributed by atoms with Crippen LogP contribution in [-0.2, 0) is 8.85 Å². The van der Waals surface area contributed by atoms with Gasteiger partial charge in [0.05, 0.1) is 0 Å². The second-order valence-corrected chi connectivity index (χ2v) is 5.88. The van der Waals surface area contributed by atoms with Crippen molar-refractivity contribution in [1.82, 2.24) is 0 Å². The molecule has 0 amide bonds. The Morgan fingerprint density at radius 3 is 2.06 bits per heavy atom. The first kappa shape index (κ1) is 13.4. The van der Waals surface area contributed by atoms with E-state index in [1.165, 1.54) is 10.8 Å². The molecular weight excluding hydrogens is 216 g/mol. The van der Waals surface area contributed by atoms with Crippen LogP contribution in [0.15, 0.2) is 24.3 Å². The van der Waals surface area contributed by atoms with E-state index in [4.69, 9.17) is 8.85 Å². The van der Waals surface area contributed by atoms with Gasteiger partial charge in [0, 0.05) is 13.2 Å². The number of aryl methyl sites for hydroxylation is 1. The lowest BCUT2D eigenvalue weighted by molar-refractivity contribution is 0.207. The minimum absolute atomic E-state index is 0.801. The fourth-order valence-corrected chi connectivity index (χ4v) is 3.62. The molecule has 1 aromatic rings. The standard InChI is InChI=1S/C13H22O2Si/c1-4-10-14-16(15-11-5-2)13-9-7-6-8-12(13)3/h6-9,16H,4-5,10-11H2,1-3H3. The summed E-state index contributed by atoms with van der Waals surface area (Å²) in [5.41, 5.74) is 1.28. The fourth-order valence-electron chi connectivity index (χ4n) is 1.53. The lowest BCUT2D eigenvalue weighted by Crippen LogP contribution is -2.39. The van der Waals surface area contributed by atoms with Crippen LogP contribution in [0.25, 0.3) is 0 Å². The number of benzene rings is 1. The summed E-state index contributed by atoms with van der Waals surface area (Å²) in [5.74, 6) is 0. The maximum atomic E-state index is 5.88. The first-order chi connectivity index (χ1) is 7.79. The predicted octanol–water partition coefficient (Wildman–Crippen LogP) is 2.28. The molecule has 1 rings (SSSR count). The Bertz CT molecular complexity index is 294. The molecule has 1 aromatic carbocycles. The molecule has 0 aliphatic carbocycles. The summed E-state index contributed by atoms with van der Waals surface area (Å²) in [6.45, 7) is 7.98. The van der Waals surface area contributed by atoms with E-state index >= 15 is 0 Å². The Labute approximate surface area is 100 Å². The molecule has 0 fully saturated rings. The summed E-state index contributed by atoms with van der Waals surface area (Å²) in [5, 5.41) is 1.28. The summed E-state index contributed by atoms with van der Waals surface area (Å²) < 4.78 is 11.8. The fraction of sp³-hybridized carbons (Fsp3) is 0.538. The van der Waals surface area contributed by atoms with E-state index in [-0.39, 0.29) is 0 Å². The van der Waals surface area contributed by atoms with Gasteiger partial charge >= 0.3 is 9.28 Å². The van der Waals surface area contributed by atoms with Gasteiger partial charge < -0.3 is 8.85 Å². The molecule has 0 aliphatic rings. The Morgan fingerprint density at radius 2 is 1.56 bits per heavy atom. The third-order valence-electron chi connectivity index (χ3n) is 2.39. The van der Waals surface area contributed by atoms with Gasteiger partial charge in [0.1, 0.15) is 0 Å². The third-order valence-corrected chi connectivity index (χ3v) is 4.62. The Hall–Kier alpha value is -0.643. The largest absolute Gasteiger partial charge is 0.393 e. The van der Waals surface area contributed by atoms with Crippen molar-refractivity contribution in [3.8, 4) is 0 Å². The van der Waals surface area contributed by atoms with E-state index in [0.29, 0.717) is 0 Å². The van der Waals surface area contributed by atoms with Gasteiger partial charge in [0.15, 0.2) is 0 Å². The van der Waals surface area contributed by atoms with Crippen LogP contribution in [-0.4, -0.2) is 22.5 Å². The van der Waals surface area contributed by atoms with Crippen molar-refractivity contribution in [3.63, 3.8) is 0 Å². The number of hydrogen-bond donors (Lipinski definition) is 0. The summed E-state index contributed by atoms with van der Waals surface area (Å²) in [7, 11) is -1.67. The third kappa shape index (κ3) is 4.08. The van der Waals surface area contributed by atoms with Crippen LogP contribution in [0, 0.1) is 6.92 Å². The average molecular weight is 238 g/mol. The van der Waals surface area contributed by atoms with Crippen LogP contribution in [0.2, 0.25) is 0 Å². The highest BCUT2D eigenvalue weighted by molar-refractivity contribution is 6.61. The Kier molecular flexibility index (Phi) is 6.38. The molecule has 0 atom stereocenters. The minimum Gasteiger partial charge on any atom is -0.393 e. The molecule has 0 N–H and O–H groups in total. The van der Waals surface area contributed by atoms with Crippen molar-refractivity contribution in [2.75, 3.05) is 13.2 Å². The smallest absolute Gasteiger partial charge is 0.356 e. The zero-order valence-electron chi connectivity index (χ0n) is 10.5. The normalized spacial score (nSPS) is 11.0. The summed E-state index contributed by atoms with van der Waals surface area (Å²) in [6.07, 6.45) is 2.09. The topological polar surface area (TPSA) is 18.5 Å². The summed E-state index contributed by atoms with van der Waals surface area (Å²) in [4.78, 5) is 0. The van der Waals surface area contributed by atoms with E-state index < -0.39 is 9.28 Å². The molecule has 0 radical (unpaired) electrons. The molecule has 0 unspecified atom stereocenters. The van der Waals surface area contributed by atoms with Gasteiger partial charge in [-0.05, 0) is 30.5 Å². The highest BCUT2D eigenvalue weighted by Gasteiger charge is 2.17. The molecule has 16 heavy (non-hydrogen) atoms. The molecule has 2 nitrogen and oxygen atoms in total. The van der Waals surface area contributed by atoms with Gasteiger partial charge in [-0.3, -0.25) is 0 Å². The molecule has 0 saturated heterocycles. The second kappa shape index (κ2) is 7.60. The average Bonchev–Trinajstić information content (AvgIpc) is 2.31. The quantitative estimate of drug-likeness (QED) is 0.679. The van der Waals surface area contributed by atoms with Crippen molar-refractivity contribution >= 4 is 14.5 Å². The number of rotatable bonds is 7. The molecule has 0 saturated carbocycles. The van der Waals surface area contributed by atoms with Crippen LogP contribution in [0.5, 0.6) is 0 Å². The van der Waals surface area contributed by atoms with E-state index in [2.05, 4.69) is 45.0 Å². The maximum absolute atomic E-state index is 5.88. The molecular formula is C13H22O2Si. The van der Waals surface area contributed by atoms with Crippen LogP contribution >= 0.6 is 0 Å². The molecule has 0 aromatic heterocycles. The zero-order valence-corrected chi connectivity index (χ0v) is 11.7. The maximum Gasteiger partial charge on any atom is 0.356 e. The van der Waals surface area contributed by atoms with Gasteiger partial charge in [0.25, 0.3) is 0 Å². The highest BCUT2D eigenvalue weighted by Crippen LogP contribution is 2.00. The van der Waals surface area contributed by atoms with E-state index in [1.54, 1.807) is 0 Å². The van der Waals surface area contributed by atoms with Gasteiger partial charge in [-0.1, -0.05) is 38.1 Å². The monoisotopic (exact) mass is 238 g/mol. The summed E-state index contributed by atoms with van der Waals surface area (Å²) >= 11 is 0. The van der Waals surface area contributed by atoms with Gasteiger partial charge in [-0.25, -0.2) is 0 Å². The lowest BCUT2D eigenvalue weighted by Gasteiger charge is -2.18. The number of hydrogen-bond acceptors (Lipinski definition) is 2. The van der Waals surface area contributed by atoms with Crippen molar-refractivity contribution in [3.05, 3.63) is 29.8 Å². The van der Waals surface area contributed by atoms with Crippen molar-refractivity contribution < 1.29 is 8.85 Å². The molecule has 3 heteroatoms. The first-order valence-corrected chi connectivity index (χ1v) is 7.60. The molecule has 0 aliphatic heterocycles. The highest BCUT2D eigenvalue weighted by atomic mass is 28.3. The van der Waals surface area contributed by atoms with Crippen LogP contribution in [0.1, 0.15) is 32.3 Å². The van der Waals surface area contributed by atoms with Crippen molar-refractivity contribution in [2.45, 2.75) is 33.6 Å². The second-order valence-electron chi connectivity index (χ2n) is 3.93. The van der Waals surface area contributed by atoms with E-state index in [1.807, 2.05) is 0 Å². The van der Waals surface area contributed by atoms with Crippen LogP contribution in [0.3, 0.4) is 0 Å². The van der Waals surface area contributed by atoms with Crippen molar-refractivity contribution in [1.29, 1.82) is 0 Å². The van der Waals surface area contributed by atoms with E-state index in [0.717, 1.165) is 26.1 Å². The van der Waals surface area contributed by atoms with Gasteiger partial charge in [-0.15, -0.1) is 0 Å². The minimum atomic E-state index is -1.67. The molecule has 0 spiro atoms. The van der Waals surface area contributed by atoms with Crippen molar-refractivity contribution in [2.24, 2.45) is 0 Å². The molecule has 90 valence electrons. The zero-order chi connectivity index (χ0) is 11.8. The SMILES string of the molecule is CCCO[SiH](OCCC)c1ccccc1C. The molecule has 0 bridgehead atoms. The first-order valence-electron chi connectivity index (χ1n) is 6.08. The van der Waals surface area contributed by atoms with Gasteiger partial charge in [-0.2, -0.15) is 0 Å². The Balaban J connectivity index is 2.70. The lowest BCUT2D eigenvalue weighted by atomic mass is 10.2. The Morgan fingerprint density at radius 1 is 1.00 bits per heavy atom. The summed E-state index contributed by atoms with van der Waals surface area (Å²) in [6, 6.07) is 8.38. The van der Waals surface area contributed by atoms with Crippen LogP contribution in [0.4, 0.5) is 0 Å².